The standard InChI is InChI=1S/C14H16N2S.ClH/c1-9(2)6-7-10-4-3-5-12-11(10)8-13(17-12)14(15)16;/h3-9H,1-2H3,(H3,15,16);1H. The summed E-state index contributed by atoms with van der Waals surface area (Å²) in [7, 11) is 0. The molecule has 0 aliphatic heterocycles. The van der Waals surface area contributed by atoms with Gasteiger partial charge in [0.05, 0.1) is 4.88 Å². The lowest BCUT2D eigenvalue weighted by molar-refractivity contribution is 0.836. The Morgan fingerprint density at radius 3 is 2.72 bits per heavy atom. The van der Waals surface area contributed by atoms with Gasteiger partial charge in [0.25, 0.3) is 0 Å². The van der Waals surface area contributed by atoms with Crippen LogP contribution >= 0.6 is 23.7 Å². The van der Waals surface area contributed by atoms with Gasteiger partial charge in [-0.05, 0) is 23.6 Å². The monoisotopic (exact) mass is 280 g/mol. The molecule has 0 fully saturated rings. The Hall–Kier alpha value is -1.32. The van der Waals surface area contributed by atoms with Crippen LogP contribution in [0.15, 0.2) is 30.3 Å². The van der Waals surface area contributed by atoms with E-state index in [0.29, 0.717) is 5.92 Å². The van der Waals surface area contributed by atoms with Gasteiger partial charge in [0, 0.05) is 10.1 Å². The zero-order valence-electron chi connectivity index (χ0n) is 10.4. The van der Waals surface area contributed by atoms with Crippen LogP contribution in [0.1, 0.15) is 24.3 Å². The smallest absolute Gasteiger partial charge is 0.133 e. The first kappa shape index (κ1) is 14.7. The summed E-state index contributed by atoms with van der Waals surface area (Å²) in [6.45, 7) is 4.32. The largest absolute Gasteiger partial charge is 0.383 e. The number of fused-ring (bicyclic) bond motifs is 1. The van der Waals surface area contributed by atoms with Gasteiger partial charge >= 0.3 is 0 Å². The topological polar surface area (TPSA) is 49.9 Å². The van der Waals surface area contributed by atoms with E-state index in [4.69, 9.17) is 11.1 Å². The number of allylic oxidation sites excluding steroid dienone is 1. The number of hydrogen-bond acceptors (Lipinski definition) is 2. The summed E-state index contributed by atoms with van der Waals surface area (Å²) in [6, 6.07) is 8.21. The molecular weight excluding hydrogens is 264 g/mol. The first-order chi connectivity index (χ1) is 8.08. The average molecular weight is 281 g/mol. The maximum absolute atomic E-state index is 7.48. The second-order valence-electron chi connectivity index (χ2n) is 4.39. The van der Waals surface area contributed by atoms with Crippen LogP contribution in [0.2, 0.25) is 0 Å². The lowest BCUT2D eigenvalue weighted by Gasteiger charge is -1.97. The molecule has 1 heterocycles. The molecule has 18 heavy (non-hydrogen) atoms. The highest BCUT2D eigenvalue weighted by atomic mass is 35.5. The van der Waals surface area contributed by atoms with E-state index in [1.165, 1.54) is 15.6 Å². The second-order valence-corrected chi connectivity index (χ2v) is 5.47. The summed E-state index contributed by atoms with van der Waals surface area (Å²) < 4.78 is 1.18. The number of rotatable bonds is 3. The number of nitrogens with two attached hydrogens (primary N) is 1. The highest BCUT2D eigenvalue weighted by Gasteiger charge is 2.06. The molecule has 0 saturated heterocycles. The molecule has 4 heteroatoms. The lowest BCUT2D eigenvalue weighted by atomic mass is 10.1. The van der Waals surface area contributed by atoms with Crippen molar-refractivity contribution in [2.24, 2.45) is 11.7 Å². The Bertz CT molecular complexity index is 584. The van der Waals surface area contributed by atoms with E-state index < -0.39 is 0 Å². The predicted octanol–water partition coefficient (Wildman–Crippen LogP) is 4.28. The quantitative estimate of drug-likeness (QED) is 0.640. The molecule has 96 valence electrons. The van der Waals surface area contributed by atoms with Crippen molar-refractivity contribution in [1.29, 1.82) is 5.41 Å². The third kappa shape index (κ3) is 3.12. The zero-order chi connectivity index (χ0) is 12.4. The highest BCUT2D eigenvalue weighted by Crippen LogP contribution is 2.29. The fraction of sp³-hybridized carbons (Fsp3) is 0.214. The van der Waals surface area contributed by atoms with Crippen molar-refractivity contribution in [2.45, 2.75) is 13.8 Å². The first-order valence-electron chi connectivity index (χ1n) is 5.63. The van der Waals surface area contributed by atoms with Gasteiger partial charge in [0.15, 0.2) is 0 Å². The third-order valence-electron chi connectivity index (χ3n) is 2.52. The van der Waals surface area contributed by atoms with Crippen molar-refractivity contribution in [3.05, 3.63) is 40.8 Å². The molecule has 0 atom stereocenters. The predicted molar refractivity (Wildman–Crippen MR) is 84.0 cm³/mol. The van der Waals surface area contributed by atoms with Gasteiger partial charge in [-0.15, -0.1) is 23.7 Å². The summed E-state index contributed by atoms with van der Waals surface area (Å²) in [6.07, 6.45) is 4.32. The van der Waals surface area contributed by atoms with Crippen LogP contribution in [-0.2, 0) is 0 Å². The molecule has 1 aromatic carbocycles. The van der Waals surface area contributed by atoms with E-state index in [9.17, 15) is 0 Å². The molecule has 0 unspecified atom stereocenters. The van der Waals surface area contributed by atoms with Crippen molar-refractivity contribution < 1.29 is 0 Å². The minimum atomic E-state index is 0. The molecule has 2 rings (SSSR count). The van der Waals surface area contributed by atoms with Crippen molar-refractivity contribution in [3.8, 4) is 0 Å². The summed E-state index contributed by atoms with van der Waals surface area (Å²) in [5.74, 6) is 0.682. The van der Waals surface area contributed by atoms with Crippen LogP contribution in [0, 0.1) is 11.3 Å². The third-order valence-corrected chi connectivity index (χ3v) is 3.65. The van der Waals surface area contributed by atoms with E-state index in [1.54, 1.807) is 11.3 Å². The molecular formula is C14H17ClN2S. The Labute approximate surface area is 117 Å². The number of amidine groups is 1. The number of nitrogen functional groups attached to an aromatic ring is 1. The number of nitrogens with one attached hydrogen (secondary N) is 1. The van der Waals surface area contributed by atoms with E-state index in [2.05, 4.69) is 38.1 Å². The van der Waals surface area contributed by atoms with Gasteiger partial charge in [0.1, 0.15) is 5.84 Å². The molecule has 0 spiro atoms. The first-order valence-corrected chi connectivity index (χ1v) is 6.44. The van der Waals surface area contributed by atoms with Gasteiger partial charge in [-0.2, -0.15) is 0 Å². The normalized spacial score (nSPS) is 11.1. The summed E-state index contributed by atoms with van der Waals surface area (Å²) in [5, 5.41) is 8.66. The highest BCUT2D eigenvalue weighted by molar-refractivity contribution is 7.20. The van der Waals surface area contributed by atoms with Crippen LogP contribution in [0.4, 0.5) is 0 Å². The number of thiophene rings is 1. The van der Waals surface area contributed by atoms with E-state index in [-0.39, 0.29) is 18.2 Å². The molecule has 0 radical (unpaired) electrons. The minimum Gasteiger partial charge on any atom is -0.383 e. The number of hydrogen-bond donors (Lipinski definition) is 2. The second kappa shape index (κ2) is 6.03. The van der Waals surface area contributed by atoms with Gasteiger partial charge in [0.2, 0.25) is 0 Å². The molecule has 0 saturated carbocycles. The maximum Gasteiger partial charge on any atom is 0.133 e. The van der Waals surface area contributed by atoms with E-state index in [1.807, 2.05) is 12.1 Å². The average Bonchev–Trinajstić information content (AvgIpc) is 2.70. The Kier molecular flexibility index (Phi) is 4.93. The van der Waals surface area contributed by atoms with Crippen molar-refractivity contribution >= 4 is 45.7 Å². The maximum atomic E-state index is 7.48. The fourth-order valence-corrected chi connectivity index (χ4v) is 2.61. The lowest BCUT2D eigenvalue weighted by Crippen LogP contribution is -2.08. The number of halogens is 1. The van der Waals surface area contributed by atoms with Crippen LogP contribution in [0.3, 0.4) is 0 Å². The van der Waals surface area contributed by atoms with Crippen molar-refractivity contribution in [3.63, 3.8) is 0 Å². The van der Waals surface area contributed by atoms with Gasteiger partial charge in [-0.3, -0.25) is 5.41 Å². The Balaban J connectivity index is 0.00000162. The molecule has 0 bridgehead atoms. The number of benzene rings is 1. The summed E-state index contributed by atoms with van der Waals surface area (Å²) in [4.78, 5) is 0.838. The molecule has 3 N–H and O–H groups in total. The molecule has 0 aliphatic carbocycles. The molecule has 0 aliphatic rings. The van der Waals surface area contributed by atoms with Gasteiger partial charge in [-0.25, -0.2) is 0 Å². The minimum absolute atomic E-state index is 0. The Morgan fingerprint density at radius 2 is 2.11 bits per heavy atom. The van der Waals surface area contributed by atoms with E-state index in [0.717, 1.165) is 4.88 Å². The van der Waals surface area contributed by atoms with Crippen LogP contribution in [0.5, 0.6) is 0 Å². The van der Waals surface area contributed by atoms with Crippen molar-refractivity contribution in [2.75, 3.05) is 0 Å². The van der Waals surface area contributed by atoms with Crippen LogP contribution < -0.4 is 5.73 Å². The molecule has 2 aromatic rings. The van der Waals surface area contributed by atoms with Crippen molar-refractivity contribution in [1.82, 2.24) is 0 Å². The van der Waals surface area contributed by atoms with Gasteiger partial charge in [-0.1, -0.05) is 38.1 Å². The molecule has 2 nitrogen and oxygen atoms in total. The summed E-state index contributed by atoms with van der Waals surface area (Å²) in [5.41, 5.74) is 6.72. The zero-order valence-corrected chi connectivity index (χ0v) is 12.1. The Morgan fingerprint density at radius 1 is 1.39 bits per heavy atom. The van der Waals surface area contributed by atoms with Crippen LogP contribution in [0.25, 0.3) is 16.2 Å². The SMILES string of the molecule is CC(C)C=Cc1cccc2sc(C(=N)N)cc12.Cl. The van der Waals surface area contributed by atoms with Gasteiger partial charge < -0.3 is 5.73 Å². The molecule has 0 amide bonds. The molecule has 1 aromatic heterocycles. The van der Waals surface area contributed by atoms with Crippen LogP contribution in [-0.4, -0.2) is 5.84 Å². The fourth-order valence-electron chi connectivity index (χ4n) is 1.66. The van der Waals surface area contributed by atoms with E-state index >= 15 is 0 Å². The summed E-state index contributed by atoms with van der Waals surface area (Å²) >= 11 is 1.57.